The van der Waals surface area contributed by atoms with Crippen LogP contribution in [-0.4, -0.2) is 17.4 Å². The summed E-state index contributed by atoms with van der Waals surface area (Å²) >= 11 is 0. The maximum absolute atomic E-state index is 13.9. The molecule has 0 heterocycles. The Kier molecular flexibility index (Phi) is 4.35. The molecule has 0 unspecified atom stereocenters. The van der Waals surface area contributed by atoms with Gasteiger partial charge in [-0.25, -0.2) is 4.39 Å². The van der Waals surface area contributed by atoms with E-state index in [4.69, 9.17) is 5.11 Å². The van der Waals surface area contributed by atoms with Gasteiger partial charge in [0.1, 0.15) is 11.6 Å². The van der Waals surface area contributed by atoms with Crippen LogP contribution in [0.4, 0.5) is 17.6 Å². The van der Waals surface area contributed by atoms with E-state index in [2.05, 4.69) is 4.74 Å². The third kappa shape index (κ3) is 3.97. The molecule has 0 aliphatic heterocycles. The monoisotopic (exact) mass is 314 g/mol. The molecule has 2 aromatic rings. The van der Waals surface area contributed by atoms with Crippen LogP contribution in [0, 0.1) is 5.82 Å². The minimum Gasteiger partial charge on any atom is -0.481 e. The molecule has 22 heavy (non-hydrogen) atoms. The van der Waals surface area contributed by atoms with Crippen molar-refractivity contribution in [1.82, 2.24) is 0 Å². The highest BCUT2D eigenvalue weighted by Gasteiger charge is 2.32. The van der Waals surface area contributed by atoms with Gasteiger partial charge in [-0.2, -0.15) is 0 Å². The lowest BCUT2D eigenvalue weighted by molar-refractivity contribution is -0.274. The van der Waals surface area contributed by atoms with E-state index in [9.17, 15) is 22.4 Å². The van der Waals surface area contributed by atoms with Gasteiger partial charge >= 0.3 is 12.3 Å². The highest BCUT2D eigenvalue weighted by atomic mass is 19.4. The molecule has 0 fully saturated rings. The molecule has 0 aromatic heterocycles. The van der Waals surface area contributed by atoms with Crippen LogP contribution >= 0.6 is 0 Å². The number of benzene rings is 2. The lowest BCUT2D eigenvalue weighted by atomic mass is 10.0. The summed E-state index contributed by atoms with van der Waals surface area (Å²) in [6.45, 7) is 0. The van der Waals surface area contributed by atoms with Gasteiger partial charge in [-0.05, 0) is 23.8 Å². The second-order valence-corrected chi connectivity index (χ2v) is 4.43. The number of halogens is 4. The molecule has 0 aliphatic carbocycles. The Morgan fingerprint density at radius 3 is 2.41 bits per heavy atom. The van der Waals surface area contributed by atoms with Crippen LogP contribution in [0.3, 0.4) is 0 Å². The fourth-order valence-electron chi connectivity index (χ4n) is 1.97. The third-order valence-corrected chi connectivity index (χ3v) is 2.79. The number of hydrogen-bond donors (Lipinski definition) is 1. The average Bonchev–Trinajstić information content (AvgIpc) is 2.39. The number of carbonyl (C=O) groups is 1. The van der Waals surface area contributed by atoms with E-state index in [0.717, 1.165) is 12.1 Å². The molecule has 0 saturated carbocycles. The maximum atomic E-state index is 13.9. The number of carboxylic acid groups (broad SMARTS) is 1. The first-order valence-corrected chi connectivity index (χ1v) is 6.11. The fraction of sp³-hybridized carbons (Fsp3) is 0.133. The number of rotatable bonds is 4. The topological polar surface area (TPSA) is 46.5 Å². The molecule has 0 amide bonds. The Balaban J connectivity index is 2.49. The van der Waals surface area contributed by atoms with E-state index in [-0.39, 0.29) is 23.1 Å². The van der Waals surface area contributed by atoms with Crippen LogP contribution in [0.5, 0.6) is 5.75 Å². The number of hydrogen-bond acceptors (Lipinski definition) is 2. The van der Waals surface area contributed by atoms with Crippen molar-refractivity contribution in [3.8, 4) is 16.9 Å². The summed E-state index contributed by atoms with van der Waals surface area (Å²) in [6, 6.07) is 8.56. The lowest BCUT2D eigenvalue weighted by Gasteiger charge is -2.14. The quantitative estimate of drug-likeness (QED) is 0.867. The van der Waals surface area contributed by atoms with Gasteiger partial charge in [-0.3, -0.25) is 4.79 Å². The van der Waals surface area contributed by atoms with Crippen molar-refractivity contribution < 1.29 is 32.2 Å². The van der Waals surface area contributed by atoms with Gasteiger partial charge in [0.25, 0.3) is 0 Å². The minimum atomic E-state index is -4.91. The van der Waals surface area contributed by atoms with Gasteiger partial charge in [0.05, 0.1) is 6.42 Å². The summed E-state index contributed by atoms with van der Waals surface area (Å²) in [7, 11) is 0. The largest absolute Gasteiger partial charge is 0.573 e. The van der Waals surface area contributed by atoms with Crippen LogP contribution in [0.1, 0.15) is 5.56 Å². The molecule has 0 radical (unpaired) electrons. The number of alkyl halides is 3. The summed E-state index contributed by atoms with van der Waals surface area (Å²) in [5, 5.41) is 8.74. The second kappa shape index (κ2) is 6.05. The van der Waals surface area contributed by atoms with Crippen LogP contribution < -0.4 is 4.74 Å². The van der Waals surface area contributed by atoms with E-state index in [0.29, 0.717) is 0 Å². The summed E-state index contributed by atoms with van der Waals surface area (Å²) in [5.41, 5.74) is 0.00822. The minimum absolute atomic E-state index is 0.107. The highest BCUT2D eigenvalue weighted by Crippen LogP contribution is 2.35. The predicted molar refractivity (Wildman–Crippen MR) is 69.9 cm³/mol. The zero-order valence-corrected chi connectivity index (χ0v) is 11.0. The Labute approximate surface area is 122 Å². The molecule has 0 saturated heterocycles. The van der Waals surface area contributed by atoms with E-state index >= 15 is 0 Å². The number of aliphatic carboxylic acids is 1. The number of carboxylic acids is 1. The van der Waals surface area contributed by atoms with Crippen LogP contribution in [0.2, 0.25) is 0 Å². The first-order valence-electron chi connectivity index (χ1n) is 6.11. The zero-order chi connectivity index (χ0) is 16.3. The molecule has 2 rings (SSSR count). The fourth-order valence-corrected chi connectivity index (χ4v) is 1.97. The molecule has 3 nitrogen and oxygen atoms in total. The SMILES string of the molecule is O=C(O)Cc1ccc(F)c(-c2ccccc2OC(F)(F)F)c1. The molecule has 2 aromatic carbocycles. The molecule has 0 spiro atoms. The summed E-state index contributed by atoms with van der Waals surface area (Å²) < 4.78 is 55.0. The van der Waals surface area contributed by atoms with E-state index in [1.807, 2.05) is 0 Å². The standard InChI is InChI=1S/C15H10F4O3/c16-12-6-5-9(8-14(20)21)7-11(12)10-3-1-2-4-13(10)22-15(17,18)19/h1-7H,8H2,(H,20,21). The normalized spacial score (nSPS) is 11.3. The van der Waals surface area contributed by atoms with Crippen LogP contribution in [0.15, 0.2) is 42.5 Å². The molecular formula is C15H10F4O3. The molecule has 0 bridgehead atoms. The second-order valence-electron chi connectivity index (χ2n) is 4.43. The lowest BCUT2D eigenvalue weighted by Crippen LogP contribution is -2.17. The van der Waals surface area contributed by atoms with Crippen molar-refractivity contribution in [2.24, 2.45) is 0 Å². The van der Waals surface area contributed by atoms with Crippen molar-refractivity contribution in [2.75, 3.05) is 0 Å². The predicted octanol–water partition coefficient (Wildman–Crippen LogP) is 4.02. The summed E-state index contributed by atoms with van der Waals surface area (Å²) in [6.07, 6.45) is -5.28. The van der Waals surface area contributed by atoms with Gasteiger partial charge in [0.2, 0.25) is 0 Å². The molecule has 7 heteroatoms. The van der Waals surface area contributed by atoms with E-state index < -0.39 is 23.9 Å². The van der Waals surface area contributed by atoms with Crippen molar-refractivity contribution >= 4 is 5.97 Å². The van der Waals surface area contributed by atoms with Crippen molar-refractivity contribution in [3.63, 3.8) is 0 Å². The van der Waals surface area contributed by atoms with Gasteiger partial charge in [-0.15, -0.1) is 13.2 Å². The van der Waals surface area contributed by atoms with Gasteiger partial charge in [0.15, 0.2) is 0 Å². The van der Waals surface area contributed by atoms with E-state index in [1.165, 1.54) is 30.3 Å². The van der Waals surface area contributed by atoms with Gasteiger partial charge < -0.3 is 9.84 Å². The molecule has 0 atom stereocenters. The van der Waals surface area contributed by atoms with Gasteiger partial charge in [0, 0.05) is 11.1 Å². The van der Waals surface area contributed by atoms with E-state index in [1.54, 1.807) is 0 Å². The molecule has 116 valence electrons. The average molecular weight is 314 g/mol. The first kappa shape index (κ1) is 15.8. The number of para-hydroxylation sites is 1. The van der Waals surface area contributed by atoms with Crippen LogP contribution in [0.25, 0.3) is 11.1 Å². The Morgan fingerprint density at radius 1 is 1.09 bits per heavy atom. The van der Waals surface area contributed by atoms with Crippen molar-refractivity contribution in [2.45, 2.75) is 12.8 Å². The third-order valence-electron chi connectivity index (χ3n) is 2.79. The Bertz CT molecular complexity index is 695. The molecular weight excluding hydrogens is 304 g/mol. The summed E-state index contributed by atoms with van der Waals surface area (Å²) in [5.74, 6) is -2.45. The first-order chi connectivity index (χ1) is 10.3. The Morgan fingerprint density at radius 2 is 1.77 bits per heavy atom. The smallest absolute Gasteiger partial charge is 0.481 e. The van der Waals surface area contributed by atoms with Crippen molar-refractivity contribution in [3.05, 3.63) is 53.8 Å². The Hall–Kier alpha value is -2.57. The van der Waals surface area contributed by atoms with Crippen molar-refractivity contribution in [1.29, 1.82) is 0 Å². The molecule has 1 N–H and O–H groups in total. The number of ether oxygens (including phenoxy) is 1. The summed E-state index contributed by atoms with van der Waals surface area (Å²) in [4.78, 5) is 10.7. The van der Waals surface area contributed by atoms with Crippen LogP contribution in [-0.2, 0) is 11.2 Å². The molecule has 0 aliphatic rings. The highest BCUT2D eigenvalue weighted by molar-refractivity contribution is 5.74. The zero-order valence-electron chi connectivity index (χ0n) is 11.0. The van der Waals surface area contributed by atoms with Gasteiger partial charge in [-0.1, -0.05) is 24.3 Å². The maximum Gasteiger partial charge on any atom is 0.573 e.